The SMILES string of the molecule is [CH3][Sn]([CH3])([CH3])[CH2]C(=O)O. The van der Waals surface area contributed by atoms with Crippen molar-refractivity contribution in [3.63, 3.8) is 0 Å². The molecule has 0 aromatic heterocycles. The zero-order valence-electron chi connectivity index (χ0n) is 5.56. The van der Waals surface area contributed by atoms with Crippen LogP contribution in [0.25, 0.3) is 0 Å². The van der Waals surface area contributed by atoms with Crippen LogP contribution in [0.3, 0.4) is 0 Å². The van der Waals surface area contributed by atoms with Gasteiger partial charge in [-0.3, -0.25) is 0 Å². The van der Waals surface area contributed by atoms with Crippen molar-refractivity contribution in [2.75, 3.05) is 0 Å². The number of carboxylic acid groups (broad SMARTS) is 1. The van der Waals surface area contributed by atoms with E-state index in [1.54, 1.807) is 0 Å². The first-order valence-electron chi connectivity index (χ1n) is 2.63. The average molecular weight is 223 g/mol. The van der Waals surface area contributed by atoms with Gasteiger partial charge >= 0.3 is 53.5 Å². The molecular formula is C5H12O2Sn. The predicted molar refractivity (Wildman–Crippen MR) is 35.8 cm³/mol. The molecule has 0 atom stereocenters. The summed E-state index contributed by atoms with van der Waals surface area (Å²) in [7, 11) is 0. The van der Waals surface area contributed by atoms with Gasteiger partial charge in [-0.2, -0.15) is 0 Å². The Morgan fingerprint density at radius 3 is 1.88 bits per heavy atom. The molecule has 0 aliphatic rings. The number of carbonyl (C=O) groups is 1. The van der Waals surface area contributed by atoms with Crippen molar-refractivity contribution in [3.05, 3.63) is 0 Å². The molecule has 0 heterocycles. The third kappa shape index (κ3) is 6.27. The van der Waals surface area contributed by atoms with E-state index in [1.807, 2.05) is 0 Å². The van der Waals surface area contributed by atoms with Crippen molar-refractivity contribution in [1.82, 2.24) is 0 Å². The third-order valence-corrected chi connectivity index (χ3v) is 4.57. The molecular weight excluding hydrogens is 211 g/mol. The zero-order valence-corrected chi connectivity index (χ0v) is 8.42. The molecule has 0 aliphatic carbocycles. The Labute approximate surface area is 53.8 Å². The molecule has 0 amide bonds. The Kier molecular flexibility index (Phi) is 2.80. The maximum atomic E-state index is 10.1. The summed E-state index contributed by atoms with van der Waals surface area (Å²) in [6.45, 7) is 0. The van der Waals surface area contributed by atoms with Gasteiger partial charge in [-0.1, -0.05) is 0 Å². The predicted octanol–water partition coefficient (Wildman–Crippen LogP) is 1.41. The molecule has 2 nitrogen and oxygen atoms in total. The minimum atomic E-state index is -1.96. The molecule has 0 aromatic rings. The van der Waals surface area contributed by atoms with Crippen molar-refractivity contribution >= 4 is 24.3 Å². The van der Waals surface area contributed by atoms with E-state index < -0.39 is 24.3 Å². The number of carboxylic acids is 1. The van der Waals surface area contributed by atoms with Gasteiger partial charge in [-0.05, 0) is 0 Å². The summed E-state index contributed by atoms with van der Waals surface area (Å²) in [5.74, 6) is -0.631. The van der Waals surface area contributed by atoms with Crippen molar-refractivity contribution in [1.29, 1.82) is 0 Å². The Bertz CT molecular complexity index is 93.1. The second-order valence-corrected chi connectivity index (χ2v) is 18.8. The molecule has 8 heavy (non-hydrogen) atoms. The van der Waals surface area contributed by atoms with Crippen LogP contribution in [0.4, 0.5) is 0 Å². The molecule has 0 bridgehead atoms. The standard InChI is InChI=1S/C2H3O2.3CH3.Sn/c1-2(3)4;;;;/h1H2,(H,3,4);3*1H3;. The van der Waals surface area contributed by atoms with Crippen LogP contribution in [0.1, 0.15) is 0 Å². The normalized spacial score (nSPS) is 11.4. The number of aliphatic carboxylic acids is 1. The minimum absolute atomic E-state index is 0.453. The first-order valence-corrected chi connectivity index (χ1v) is 13.2. The zero-order chi connectivity index (χ0) is 6.78. The number of hydrogen-bond acceptors (Lipinski definition) is 1. The molecule has 0 saturated heterocycles. The number of rotatable bonds is 2. The van der Waals surface area contributed by atoms with Crippen LogP contribution in [0, 0.1) is 0 Å². The van der Waals surface area contributed by atoms with Gasteiger partial charge in [0.1, 0.15) is 0 Å². The van der Waals surface area contributed by atoms with E-state index in [9.17, 15) is 4.79 Å². The summed E-state index contributed by atoms with van der Waals surface area (Å²) >= 11 is -1.96. The Hall–Kier alpha value is 0.269. The van der Waals surface area contributed by atoms with Crippen LogP contribution in [0.15, 0.2) is 0 Å². The molecule has 0 aliphatic heterocycles. The van der Waals surface area contributed by atoms with Crippen molar-refractivity contribution in [3.8, 4) is 0 Å². The van der Waals surface area contributed by atoms with E-state index in [1.165, 1.54) is 0 Å². The van der Waals surface area contributed by atoms with Crippen LogP contribution in [0.2, 0.25) is 19.3 Å². The Morgan fingerprint density at radius 1 is 1.50 bits per heavy atom. The van der Waals surface area contributed by atoms with E-state index in [2.05, 4.69) is 14.8 Å². The van der Waals surface area contributed by atoms with E-state index in [0.29, 0.717) is 4.44 Å². The average Bonchev–Trinajstić information content (AvgIpc) is 1.21. The molecule has 48 valence electrons. The van der Waals surface area contributed by atoms with Crippen LogP contribution in [-0.4, -0.2) is 29.5 Å². The summed E-state index contributed by atoms with van der Waals surface area (Å²) < 4.78 is 0.453. The van der Waals surface area contributed by atoms with Crippen LogP contribution in [0.5, 0.6) is 0 Å². The summed E-state index contributed by atoms with van der Waals surface area (Å²) in [6.07, 6.45) is 0. The summed E-state index contributed by atoms with van der Waals surface area (Å²) in [5.41, 5.74) is 0. The van der Waals surface area contributed by atoms with E-state index in [-0.39, 0.29) is 0 Å². The van der Waals surface area contributed by atoms with Crippen LogP contribution < -0.4 is 0 Å². The van der Waals surface area contributed by atoms with E-state index in [0.717, 1.165) is 0 Å². The first kappa shape index (κ1) is 8.27. The maximum absolute atomic E-state index is 10.1. The van der Waals surface area contributed by atoms with E-state index >= 15 is 0 Å². The molecule has 0 fully saturated rings. The van der Waals surface area contributed by atoms with E-state index in [4.69, 9.17) is 5.11 Å². The van der Waals surface area contributed by atoms with Crippen molar-refractivity contribution in [2.45, 2.75) is 19.3 Å². The molecule has 0 aromatic carbocycles. The molecule has 3 heteroatoms. The quantitative estimate of drug-likeness (QED) is 0.718. The number of hydrogen-bond donors (Lipinski definition) is 1. The molecule has 0 spiro atoms. The van der Waals surface area contributed by atoms with Gasteiger partial charge in [0.2, 0.25) is 0 Å². The van der Waals surface area contributed by atoms with Gasteiger partial charge < -0.3 is 0 Å². The third-order valence-electron chi connectivity index (χ3n) is 0.682. The van der Waals surface area contributed by atoms with Crippen molar-refractivity contribution < 1.29 is 9.90 Å². The topological polar surface area (TPSA) is 37.3 Å². The molecule has 1 N–H and O–H groups in total. The summed E-state index contributed by atoms with van der Waals surface area (Å²) in [6, 6.07) is 0. The Balaban J connectivity index is 3.55. The van der Waals surface area contributed by atoms with Crippen LogP contribution >= 0.6 is 0 Å². The van der Waals surface area contributed by atoms with Gasteiger partial charge in [0.25, 0.3) is 0 Å². The Morgan fingerprint density at radius 2 is 1.88 bits per heavy atom. The molecule has 0 unspecified atom stereocenters. The summed E-state index contributed by atoms with van der Waals surface area (Å²) in [5, 5.41) is 8.30. The van der Waals surface area contributed by atoms with Gasteiger partial charge in [0, 0.05) is 0 Å². The van der Waals surface area contributed by atoms with Crippen LogP contribution in [-0.2, 0) is 4.79 Å². The summed E-state index contributed by atoms with van der Waals surface area (Å²) in [4.78, 5) is 16.4. The monoisotopic (exact) mass is 224 g/mol. The fraction of sp³-hybridized carbons (Fsp3) is 0.800. The fourth-order valence-corrected chi connectivity index (χ4v) is 3.04. The second kappa shape index (κ2) is 2.71. The fourth-order valence-electron chi connectivity index (χ4n) is 0.454. The molecule has 0 saturated carbocycles. The van der Waals surface area contributed by atoms with Gasteiger partial charge in [-0.25, -0.2) is 0 Å². The second-order valence-electron chi connectivity index (χ2n) is 3.13. The van der Waals surface area contributed by atoms with Gasteiger partial charge in [0.05, 0.1) is 0 Å². The van der Waals surface area contributed by atoms with Gasteiger partial charge in [0.15, 0.2) is 0 Å². The molecule has 0 rings (SSSR count). The first-order chi connectivity index (χ1) is 3.42. The molecule has 0 radical (unpaired) electrons. The van der Waals surface area contributed by atoms with Crippen molar-refractivity contribution in [2.24, 2.45) is 0 Å². The van der Waals surface area contributed by atoms with Gasteiger partial charge in [-0.15, -0.1) is 0 Å².